The van der Waals surface area contributed by atoms with Gasteiger partial charge in [-0.1, -0.05) is 28.1 Å². The van der Waals surface area contributed by atoms with Crippen LogP contribution in [0.4, 0.5) is 4.39 Å². The van der Waals surface area contributed by atoms with Crippen LogP contribution in [-0.4, -0.2) is 17.9 Å². The van der Waals surface area contributed by atoms with Gasteiger partial charge in [0.1, 0.15) is 18.2 Å². The Bertz CT molecular complexity index is 740. The van der Waals surface area contributed by atoms with E-state index >= 15 is 0 Å². The molecule has 2 aromatic rings. The van der Waals surface area contributed by atoms with Crippen molar-refractivity contribution in [2.45, 2.75) is 13.5 Å². The van der Waals surface area contributed by atoms with Gasteiger partial charge >= 0.3 is 0 Å². The summed E-state index contributed by atoms with van der Waals surface area (Å²) in [5.41, 5.74) is 4.26. The van der Waals surface area contributed by atoms with E-state index in [1.54, 1.807) is 12.3 Å². The highest BCUT2D eigenvalue weighted by Gasteiger charge is 2.04. The number of halogens is 2. The number of ether oxygens (including phenoxy) is 1. The Hall–Kier alpha value is -1.99. The van der Waals surface area contributed by atoms with E-state index in [0.29, 0.717) is 10.9 Å². The van der Waals surface area contributed by atoms with E-state index in [9.17, 15) is 4.39 Å². The van der Waals surface area contributed by atoms with E-state index in [1.165, 1.54) is 12.1 Å². The Balaban J connectivity index is 2.06. The normalized spacial score (nSPS) is 10.6. The highest BCUT2D eigenvalue weighted by Crippen LogP contribution is 2.23. The van der Waals surface area contributed by atoms with Crippen LogP contribution in [0.25, 0.3) is 0 Å². The van der Waals surface area contributed by atoms with Crippen molar-refractivity contribution in [2.75, 3.05) is 6.54 Å². The molecule has 0 fully saturated rings. The zero-order valence-electron chi connectivity index (χ0n) is 13.1. The van der Waals surface area contributed by atoms with E-state index in [1.807, 2.05) is 31.2 Å². The zero-order valence-corrected chi connectivity index (χ0v) is 15.5. The molecule has 0 atom stereocenters. The molecule has 2 N–H and O–H groups in total. The summed E-state index contributed by atoms with van der Waals surface area (Å²) in [4.78, 5) is 0. The molecule has 4 nitrogen and oxygen atoms in total. The van der Waals surface area contributed by atoms with Gasteiger partial charge in [0, 0.05) is 16.6 Å². The molecule has 0 saturated heterocycles. The highest BCUT2D eigenvalue weighted by molar-refractivity contribution is 9.10. The van der Waals surface area contributed by atoms with Crippen LogP contribution in [0, 0.1) is 5.82 Å². The van der Waals surface area contributed by atoms with Gasteiger partial charge in [-0.05, 0) is 55.0 Å². The minimum Gasteiger partial charge on any atom is -0.488 e. The van der Waals surface area contributed by atoms with Gasteiger partial charge in [-0.25, -0.2) is 4.39 Å². The fourth-order valence-corrected chi connectivity index (χ4v) is 2.48. The first-order valence-corrected chi connectivity index (χ1v) is 8.52. The summed E-state index contributed by atoms with van der Waals surface area (Å²) in [6, 6.07) is 11.9. The molecule has 0 spiro atoms. The number of hydrogen-bond acceptors (Lipinski definition) is 3. The summed E-state index contributed by atoms with van der Waals surface area (Å²) < 4.78 is 19.9. The smallest absolute Gasteiger partial charge is 0.186 e. The predicted octanol–water partition coefficient (Wildman–Crippen LogP) is 3.99. The van der Waals surface area contributed by atoms with Crippen molar-refractivity contribution in [3.05, 3.63) is 63.9 Å². The van der Waals surface area contributed by atoms with Gasteiger partial charge in [0.15, 0.2) is 5.11 Å². The van der Waals surface area contributed by atoms with Crippen LogP contribution >= 0.6 is 28.1 Å². The lowest BCUT2D eigenvalue weighted by molar-refractivity contribution is 0.305. The molecule has 7 heteroatoms. The van der Waals surface area contributed by atoms with Crippen LogP contribution in [0.15, 0.2) is 52.0 Å². The molecule has 0 radical (unpaired) electrons. The largest absolute Gasteiger partial charge is 0.488 e. The molecular formula is C17H17BrFN3OS. The average Bonchev–Trinajstić information content (AvgIpc) is 2.54. The summed E-state index contributed by atoms with van der Waals surface area (Å²) in [5.74, 6) is 0.359. The Morgan fingerprint density at radius 3 is 2.92 bits per heavy atom. The minimum absolute atomic E-state index is 0.267. The van der Waals surface area contributed by atoms with Gasteiger partial charge < -0.3 is 10.1 Å². The molecule has 0 aliphatic carbocycles. The standard InChI is InChI=1S/C17H17BrFN3OS/c1-2-20-17(24)22-21-10-13-9-14(18)6-7-16(13)23-11-12-4-3-5-15(19)8-12/h3-10H,2,11H2,1H3,(H2,20,22,24)/b21-10-. The van der Waals surface area contributed by atoms with Gasteiger partial charge in [0.25, 0.3) is 0 Å². The van der Waals surface area contributed by atoms with E-state index in [2.05, 4.69) is 31.8 Å². The SMILES string of the molecule is CCNC(=S)N/N=C\c1cc(Br)ccc1OCc1cccc(F)c1. The molecule has 0 aromatic heterocycles. The summed E-state index contributed by atoms with van der Waals surface area (Å²) >= 11 is 8.46. The van der Waals surface area contributed by atoms with Gasteiger partial charge in [0.2, 0.25) is 0 Å². The first-order valence-electron chi connectivity index (χ1n) is 7.32. The maximum Gasteiger partial charge on any atom is 0.186 e. The van der Waals surface area contributed by atoms with E-state index in [4.69, 9.17) is 17.0 Å². The molecule has 0 saturated carbocycles. The number of rotatable bonds is 6. The van der Waals surface area contributed by atoms with Crippen LogP contribution in [0.2, 0.25) is 0 Å². The minimum atomic E-state index is -0.283. The number of nitrogens with zero attached hydrogens (tertiary/aromatic N) is 1. The highest BCUT2D eigenvalue weighted by atomic mass is 79.9. The second-order valence-electron chi connectivity index (χ2n) is 4.83. The van der Waals surface area contributed by atoms with Crippen molar-refractivity contribution in [1.29, 1.82) is 0 Å². The molecule has 0 bridgehead atoms. The third-order valence-corrected chi connectivity index (χ3v) is 3.69. The molecule has 24 heavy (non-hydrogen) atoms. The second-order valence-corrected chi connectivity index (χ2v) is 6.15. The Labute approximate surface area is 154 Å². The molecule has 0 aliphatic heterocycles. The number of benzene rings is 2. The number of thiocarbonyl (C=S) groups is 1. The lowest BCUT2D eigenvalue weighted by Gasteiger charge is -2.10. The molecule has 2 aromatic carbocycles. The average molecular weight is 410 g/mol. The van der Waals surface area contributed by atoms with Crippen LogP contribution < -0.4 is 15.5 Å². The summed E-state index contributed by atoms with van der Waals surface area (Å²) in [6.45, 7) is 2.94. The monoisotopic (exact) mass is 409 g/mol. The van der Waals surface area contributed by atoms with Gasteiger partial charge in [-0.15, -0.1) is 0 Å². The third-order valence-electron chi connectivity index (χ3n) is 2.96. The number of hydrazone groups is 1. The van der Waals surface area contributed by atoms with Gasteiger partial charge in [-0.3, -0.25) is 5.43 Å². The molecule has 2 rings (SSSR count). The lowest BCUT2D eigenvalue weighted by atomic mass is 10.2. The lowest BCUT2D eigenvalue weighted by Crippen LogP contribution is -2.31. The molecule has 126 valence electrons. The van der Waals surface area contributed by atoms with Crippen LogP contribution in [0.5, 0.6) is 5.75 Å². The van der Waals surface area contributed by atoms with Gasteiger partial charge in [-0.2, -0.15) is 5.10 Å². The van der Waals surface area contributed by atoms with Crippen molar-refractivity contribution in [3.8, 4) is 5.75 Å². The Morgan fingerprint density at radius 2 is 2.17 bits per heavy atom. The first kappa shape index (κ1) is 18.4. The summed E-state index contributed by atoms with van der Waals surface area (Å²) in [5, 5.41) is 7.48. The quantitative estimate of drug-likeness (QED) is 0.430. The van der Waals surface area contributed by atoms with Crippen molar-refractivity contribution in [3.63, 3.8) is 0 Å². The zero-order chi connectivity index (χ0) is 17.4. The second kappa shape index (κ2) is 9.34. The molecule has 0 heterocycles. The van der Waals surface area contributed by atoms with Crippen molar-refractivity contribution >= 4 is 39.5 Å². The summed E-state index contributed by atoms with van der Waals surface area (Å²) in [7, 11) is 0. The molecule has 0 amide bonds. The first-order chi connectivity index (χ1) is 11.6. The van der Waals surface area contributed by atoms with Crippen LogP contribution in [-0.2, 0) is 6.61 Å². The van der Waals surface area contributed by atoms with E-state index in [-0.39, 0.29) is 12.4 Å². The maximum absolute atomic E-state index is 13.2. The Morgan fingerprint density at radius 1 is 1.33 bits per heavy atom. The predicted molar refractivity (Wildman–Crippen MR) is 102 cm³/mol. The van der Waals surface area contributed by atoms with Crippen LogP contribution in [0.1, 0.15) is 18.1 Å². The molecular weight excluding hydrogens is 393 g/mol. The fourth-order valence-electron chi connectivity index (χ4n) is 1.90. The van der Waals surface area contributed by atoms with Crippen LogP contribution in [0.3, 0.4) is 0 Å². The molecule has 0 unspecified atom stereocenters. The number of hydrogen-bond donors (Lipinski definition) is 2. The number of nitrogens with one attached hydrogen (secondary N) is 2. The maximum atomic E-state index is 13.2. The van der Waals surface area contributed by atoms with Crippen molar-refractivity contribution in [2.24, 2.45) is 5.10 Å². The topological polar surface area (TPSA) is 45.7 Å². The summed E-state index contributed by atoms with van der Waals surface area (Å²) in [6.07, 6.45) is 1.62. The fraction of sp³-hybridized carbons (Fsp3) is 0.176. The van der Waals surface area contributed by atoms with E-state index in [0.717, 1.165) is 22.1 Å². The van der Waals surface area contributed by atoms with E-state index < -0.39 is 0 Å². The molecule has 0 aliphatic rings. The third kappa shape index (κ3) is 5.90. The van der Waals surface area contributed by atoms with Crippen molar-refractivity contribution < 1.29 is 9.13 Å². The Kier molecular flexibility index (Phi) is 7.14. The van der Waals surface area contributed by atoms with Gasteiger partial charge in [0.05, 0.1) is 6.21 Å². The van der Waals surface area contributed by atoms with Crippen molar-refractivity contribution in [1.82, 2.24) is 10.7 Å².